The zero-order valence-electron chi connectivity index (χ0n) is 15.4. The van der Waals surface area contributed by atoms with Crippen LogP contribution in [-0.4, -0.2) is 28.1 Å². The lowest BCUT2D eigenvalue weighted by atomic mass is 10.0. The van der Waals surface area contributed by atoms with Crippen molar-refractivity contribution in [2.45, 2.75) is 46.1 Å². The number of aryl methyl sites for hydroxylation is 1. The maximum Gasteiger partial charge on any atom is 0.257 e. The van der Waals surface area contributed by atoms with Crippen LogP contribution in [0.3, 0.4) is 0 Å². The average Bonchev–Trinajstić information content (AvgIpc) is 3.04. The summed E-state index contributed by atoms with van der Waals surface area (Å²) in [4.78, 5) is 24.8. The SMILES string of the molecule is CCCCc1nnc(NC(=O)C(NC(=O)c2c(F)cccc2F)C(C)C)s1. The molecule has 2 amide bonds. The molecule has 0 spiro atoms. The van der Waals surface area contributed by atoms with Gasteiger partial charge in [0.1, 0.15) is 28.2 Å². The minimum atomic E-state index is -0.987. The molecule has 0 aliphatic rings. The van der Waals surface area contributed by atoms with E-state index in [-0.39, 0.29) is 5.92 Å². The van der Waals surface area contributed by atoms with Crippen LogP contribution in [0, 0.1) is 17.6 Å². The van der Waals surface area contributed by atoms with Gasteiger partial charge in [-0.3, -0.25) is 14.9 Å². The highest BCUT2D eigenvalue weighted by molar-refractivity contribution is 7.15. The van der Waals surface area contributed by atoms with Crippen LogP contribution < -0.4 is 10.6 Å². The summed E-state index contributed by atoms with van der Waals surface area (Å²) in [5.74, 6) is -3.79. The topological polar surface area (TPSA) is 84.0 Å². The minimum Gasteiger partial charge on any atom is -0.340 e. The van der Waals surface area contributed by atoms with Crippen LogP contribution >= 0.6 is 11.3 Å². The standard InChI is InChI=1S/C18H22F2N4O2S/c1-4-5-9-13-23-24-18(27-13)22-17(26)15(10(2)3)21-16(25)14-11(19)7-6-8-12(14)20/h6-8,10,15H,4-5,9H2,1-3H3,(H,21,25)(H,22,24,26). The number of carbonyl (C=O) groups excluding carboxylic acids is 2. The van der Waals surface area contributed by atoms with E-state index >= 15 is 0 Å². The highest BCUT2D eigenvalue weighted by Gasteiger charge is 2.28. The minimum absolute atomic E-state index is 0.309. The highest BCUT2D eigenvalue weighted by Crippen LogP contribution is 2.18. The van der Waals surface area contributed by atoms with Crippen molar-refractivity contribution in [2.24, 2.45) is 5.92 Å². The Morgan fingerprint density at radius 2 is 1.85 bits per heavy atom. The van der Waals surface area contributed by atoms with Crippen LogP contribution in [-0.2, 0) is 11.2 Å². The Morgan fingerprint density at radius 3 is 2.44 bits per heavy atom. The van der Waals surface area contributed by atoms with Gasteiger partial charge in [-0.2, -0.15) is 0 Å². The van der Waals surface area contributed by atoms with Gasteiger partial charge in [0, 0.05) is 6.42 Å². The van der Waals surface area contributed by atoms with Gasteiger partial charge in [-0.15, -0.1) is 10.2 Å². The second kappa shape index (κ2) is 9.50. The van der Waals surface area contributed by atoms with Crippen LogP contribution in [0.25, 0.3) is 0 Å². The first-order valence-corrected chi connectivity index (χ1v) is 9.53. The summed E-state index contributed by atoms with van der Waals surface area (Å²) in [6, 6.07) is 2.15. The van der Waals surface area contributed by atoms with Crippen LogP contribution in [0.4, 0.5) is 13.9 Å². The molecule has 0 fully saturated rings. The molecule has 1 unspecified atom stereocenters. The van der Waals surface area contributed by atoms with Crippen molar-refractivity contribution >= 4 is 28.3 Å². The first-order valence-electron chi connectivity index (χ1n) is 8.71. The number of rotatable bonds is 8. The summed E-state index contributed by atoms with van der Waals surface area (Å²) in [6.07, 6.45) is 2.78. The maximum atomic E-state index is 13.8. The van der Waals surface area contributed by atoms with Gasteiger partial charge in [0.25, 0.3) is 5.91 Å². The number of nitrogens with one attached hydrogen (secondary N) is 2. The number of hydrogen-bond donors (Lipinski definition) is 2. The van der Waals surface area contributed by atoms with E-state index in [1.165, 1.54) is 17.4 Å². The number of unbranched alkanes of at least 4 members (excludes halogenated alkanes) is 1. The smallest absolute Gasteiger partial charge is 0.257 e. The van der Waals surface area contributed by atoms with E-state index in [0.29, 0.717) is 5.13 Å². The molecule has 0 aliphatic heterocycles. The highest BCUT2D eigenvalue weighted by atomic mass is 32.1. The van der Waals surface area contributed by atoms with Crippen LogP contribution in [0.5, 0.6) is 0 Å². The molecule has 1 atom stereocenters. The second-order valence-electron chi connectivity index (χ2n) is 6.39. The van der Waals surface area contributed by atoms with E-state index in [1.807, 2.05) is 0 Å². The van der Waals surface area contributed by atoms with Crippen LogP contribution in [0.1, 0.15) is 49.0 Å². The Labute approximate surface area is 160 Å². The third kappa shape index (κ3) is 5.53. The lowest BCUT2D eigenvalue weighted by molar-refractivity contribution is -0.118. The van der Waals surface area contributed by atoms with Crippen molar-refractivity contribution in [1.82, 2.24) is 15.5 Å². The van der Waals surface area contributed by atoms with Gasteiger partial charge < -0.3 is 5.32 Å². The Kier molecular flexibility index (Phi) is 7.35. The van der Waals surface area contributed by atoms with Crippen LogP contribution in [0.15, 0.2) is 18.2 Å². The molecule has 0 saturated carbocycles. The predicted octanol–water partition coefficient (Wildman–Crippen LogP) is 3.55. The second-order valence-corrected chi connectivity index (χ2v) is 7.45. The molecule has 0 aliphatic carbocycles. The van der Waals surface area contributed by atoms with Crippen molar-refractivity contribution in [3.63, 3.8) is 0 Å². The molecule has 1 aromatic carbocycles. The molecule has 0 saturated heterocycles. The summed E-state index contributed by atoms with van der Waals surface area (Å²) in [7, 11) is 0. The Morgan fingerprint density at radius 1 is 1.19 bits per heavy atom. The molecule has 27 heavy (non-hydrogen) atoms. The zero-order chi connectivity index (χ0) is 20.0. The fourth-order valence-corrected chi connectivity index (χ4v) is 3.16. The lowest BCUT2D eigenvalue weighted by Gasteiger charge is -2.21. The summed E-state index contributed by atoms with van der Waals surface area (Å²) < 4.78 is 27.6. The van der Waals surface area contributed by atoms with E-state index < -0.39 is 35.1 Å². The lowest BCUT2D eigenvalue weighted by Crippen LogP contribution is -2.47. The van der Waals surface area contributed by atoms with Gasteiger partial charge >= 0.3 is 0 Å². The summed E-state index contributed by atoms with van der Waals surface area (Å²) >= 11 is 1.26. The number of aromatic nitrogens is 2. The first-order chi connectivity index (χ1) is 12.8. The quantitative estimate of drug-likeness (QED) is 0.715. The number of benzene rings is 1. The Hall–Kier alpha value is -2.42. The molecule has 1 heterocycles. The van der Waals surface area contributed by atoms with E-state index in [1.54, 1.807) is 13.8 Å². The van der Waals surface area contributed by atoms with Crippen molar-refractivity contribution in [3.8, 4) is 0 Å². The molecule has 0 radical (unpaired) electrons. The maximum absolute atomic E-state index is 13.8. The largest absolute Gasteiger partial charge is 0.340 e. The summed E-state index contributed by atoms with van der Waals surface area (Å²) in [5.41, 5.74) is -0.714. The van der Waals surface area contributed by atoms with Crippen molar-refractivity contribution < 1.29 is 18.4 Å². The van der Waals surface area contributed by atoms with Crippen molar-refractivity contribution in [2.75, 3.05) is 5.32 Å². The number of nitrogens with zero attached hydrogens (tertiary/aromatic N) is 2. The van der Waals surface area contributed by atoms with Gasteiger partial charge in [0.2, 0.25) is 11.0 Å². The van der Waals surface area contributed by atoms with Crippen LogP contribution in [0.2, 0.25) is 0 Å². The fourth-order valence-electron chi connectivity index (χ4n) is 2.38. The van der Waals surface area contributed by atoms with Gasteiger partial charge in [-0.05, 0) is 24.5 Å². The molecular formula is C18H22F2N4O2S. The fraction of sp³-hybridized carbons (Fsp3) is 0.444. The number of carbonyl (C=O) groups is 2. The predicted molar refractivity (Wildman–Crippen MR) is 99.6 cm³/mol. The molecule has 2 aromatic rings. The molecule has 9 heteroatoms. The molecule has 0 bridgehead atoms. The average molecular weight is 396 g/mol. The van der Waals surface area contributed by atoms with Gasteiger partial charge in [-0.25, -0.2) is 8.78 Å². The summed E-state index contributed by atoms with van der Waals surface area (Å²) in [6.45, 7) is 5.50. The third-order valence-electron chi connectivity index (χ3n) is 3.87. The third-order valence-corrected chi connectivity index (χ3v) is 4.77. The number of hydrogen-bond acceptors (Lipinski definition) is 5. The molecule has 2 rings (SSSR count). The van der Waals surface area contributed by atoms with E-state index in [9.17, 15) is 18.4 Å². The van der Waals surface area contributed by atoms with E-state index in [0.717, 1.165) is 36.4 Å². The molecule has 1 aromatic heterocycles. The molecular weight excluding hydrogens is 374 g/mol. The number of anilines is 1. The monoisotopic (exact) mass is 396 g/mol. The van der Waals surface area contributed by atoms with Gasteiger partial charge in [0.05, 0.1) is 0 Å². The van der Waals surface area contributed by atoms with Crippen molar-refractivity contribution in [1.29, 1.82) is 0 Å². The van der Waals surface area contributed by atoms with Crippen molar-refractivity contribution in [3.05, 3.63) is 40.4 Å². The van der Waals surface area contributed by atoms with Gasteiger partial charge in [-0.1, -0.05) is 44.6 Å². The molecule has 146 valence electrons. The van der Waals surface area contributed by atoms with E-state index in [2.05, 4.69) is 27.8 Å². The first kappa shape index (κ1) is 20.9. The number of amides is 2. The van der Waals surface area contributed by atoms with E-state index in [4.69, 9.17) is 0 Å². The Bertz CT molecular complexity index is 790. The normalized spacial score (nSPS) is 12.1. The Balaban J connectivity index is 2.09. The number of halogens is 2. The molecule has 6 nitrogen and oxygen atoms in total. The molecule has 2 N–H and O–H groups in total. The van der Waals surface area contributed by atoms with Gasteiger partial charge in [0.15, 0.2) is 0 Å². The summed E-state index contributed by atoms with van der Waals surface area (Å²) in [5, 5.41) is 14.1. The zero-order valence-corrected chi connectivity index (χ0v) is 16.2.